The van der Waals surface area contributed by atoms with Gasteiger partial charge in [0.15, 0.2) is 6.10 Å². The lowest BCUT2D eigenvalue weighted by molar-refractivity contribution is -0.122. The van der Waals surface area contributed by atoms with Crippen molar-refractivity contribution >= 4 is 62.1 Å². The molecule has 0 aliphatic carbocycles. The summed E-state index contributed by atoms with van der Waals surface area (Å²) >= 11 is 18.1. The number of hydrogen-bond acceptors (Lipinski definition) is 4. The van der Waals surface area contributed by atoms with Gasteiger partial charge in [0.05, 0.1) is 25.7 Å². The molecule has 0 bridgehead atoms. The van der Waals surface area contributed by atoms with E-state index in [4.69, 9.17) is 39.5 Å². The van der Waals surface area contributed by atoms with Gasteiger partial charge in [-0.2, -0.15) is 0 Å². The lowest BCUT2D eigenvalue weighted by Gasteiger charge is -2.18. The average molecular weight is 514 g/mol. The molecule has 0 aliphatic rings. The third kappa shape index (κ3) is 5.86. The first-order valence-corrected chi connectivity index (χ1v) is 12.1. The number of carbonyl (C=O) groups excluding carboxylic acids is 1. The van der Waals surface area contributed by atoms with Crippen molar-refractivity contribution < 1.29 is 17.9 Å². The fourth-order valence-corrected chi connectivity index (χ4v) is 4.40. The van der Waals surface area contributed by atoms with Crippen LogP contribution in [0.5, 0.6) is 5.75 Å². The maximum absolute atomic E-state index is 12.7. The molecule has 0 saturated carbocycles. The van der Waals surface area contributed by atoms with Gasteiger partial charge in [-0.05, 0) is 55.0 Å². The van der Waals surface area contributed by atoms with Crippen molar-refractivity contribution in [3.8, 4) is 5.75 Å². The number of para-hydroxylation sites is 1. The van der Waals surface area contributed by atoms with Crippen LogP contribution in [0.25, 0.3) is 0 Å². The SMILES string of the molecule is CC[C@H](Oc1ccccc1Cl)C(=O)Nc1ccc(S(=O)(=O)Nc2cccc(Cl)c2Cl)cc1. The maximum Gasteiger partial charge on any atom is 0.265 e. The molecule has 3 aromatic rings. The number of halogens is 3. The quantitative estimate of drug-likeness (QED) is 0.373. The summed E-state index contributed by atoms with van der Waals surface area (Å²) in [6, 6.07) is 17.2. The van der Waals surface area contributed by atoms with Crippen molar-refractivity contribution in [2.75, 3.05) is 10.0 Å². The molecule has 0 saturated heterocycles. The first-order chi connectivity index (χ1) is 15.2. The zero-order chi connectivity index (χ0) is 23.3. The van der Waals surface area contributed by atoms with Gasteiger partial charge in [-0.1, -0.05) is 59.9 Å². The van der Waals surface area contributed by atoms with Gasteiger partial charge in [-0.25, -0.2) is 8.42 Å². The van der Waals surface area contributed by atoms with Crippen LogP contribution in [0.1, 0.15) is 13.3 Å². The van der Waals surface area contributed by atoms with Gasteiger partial charge in [0.25, 0.3) is 15.9 Å². The van der Waals surface area contributed by atoms with Gasteiger partial charge in [-0.15, -0.1) is 0 Å². The molecule has 168 valence electrons. The summed E-state index contributed by atoms with van der Waals surface area (Å²) in [7, 11) is -3.91. The number of amides is 1. The summed E-state index contributed by atoms with van der Waals surface area (Å²) in [5.41, 5.74) is 0.579. The van der Waals surface area contributed by atoms with Crippen LogP contribution >= 0.6 is 34.8 Å². The summed E-state index contributed by atoms with van der Waals surface area (Å²) in [5, 5.41) is 3.45. The molecule has 0 aliphatic heterocycles. The van der Waals surface area contributed by atoms with Crippen molar-refractivity contribution in [2.45, 2.75) is 24.3 Å². The highest BCUT2D eigenvalue weighted by molar-refractivity contribution is 7.92. The number of nitrogens with one attached hydrogen (secondary N) is 2. The second kappa shape index (κ2) is 10.4. The molecule has 3 rings (SSSR count). The van der Waals surface area contributed by atoms with E-state index in [0.717, 1.165) is 0 Å². The molecule has 2 N–H and O–H groups in total. The Hall–Kier alpha value is -2.45. The third-order valence-electron chi connectivity index (χ3n) is 4.40. The van der Waals surface area contributed by atoms with Crippen LogP contribution in [0.2, 0.25) is 15.1 Å². The summed E-state index contributed by atoms with van der Waals surface area (Å²) in [4.78, 5) is 12.6. The molecule has 1 atom stereocenters. The van der Waals surface area contributed by atoms with Gasteiger partial charge >= 0.3 is 0 Å². The minimum Gasteiger partial charge on any atom is -0.479 e. The predicted octanol–water partition coefficient (Wildman–Crippen LogP) is 6.24. The van der Waals surface area contributed by atoms with E-state index < -0.39 is 16.1 Å². The van der Waals surface area contributed by atoms with Crippen molar-refractivity contribution in [1.82, 2.24) is 0 Å². The number of sulfonamides is 1. The summed E-state index contributed by atoms with van der Waals surface area (Å²) in [5.74, 6) is 0.0234. The van der Waals surface area contributed by atoms with E-state index >= 15 is 0 Å². The lowest BCUT2D eigenvalue weighted by atomic mass is 10.2. The molecule has 10 heteroatoms. The Balaban J connectivity index is 1.70. The highest BCUT2D eigenvalue weighted by atomic mass is 35.5. The molecule has 32 heavy (non-hydrogen) atoms. The third-order valence-corrected chi connectivity index (χ3v) is 6.91. The molecule has 0 aromatic heterocycles. The van der Waals surface area contributed by atoms with Crippen molar-refractivity contribution in [1.29, 1.82) is 0 Å². The van der Waals surface area contributed by atoms with Crippen LogP contribution in [0.15, 0.2) is 71.6 Å². The number of carbonyl (C=O) groups is 1. The van der Waals surface area contributed by atoms with E-state index in [1.165, 1.54) is 30.3 Å². The predicted molar refractivity (Wildman–Crippen MR) is 129 cm³/mol. The van der Waals surface area contributed by atoms with Crippen molar-refractivity contribution in [2.24, 2.45) is 0 Å². The molecular weight excluding hydrogens is 495 g/mol. The molecule has 0 heterocycles. The van der Waals surface area contributed by atoms with Crippen LogP contribution < -0.4 is 14.8 Å². The van der Waals surface area contributed by atoms with E-state index in [2.05, 4.69) is 10.0 Å². The Morgan fingerprint density at radius 1 is 0.938 bits per heavy atom. The lowest BCUT2D eigenvalue weighted by Crippen LogP contribution is -2.32. The fourth-order valence-electron chi connectivity index (χ4n) is 2.74. The molecule has 6 nitrogen and oxygen atoms in total. The second-order valence-electron chi connectivity index (χ2n) is 6.67. The van der Waals surface area contributed by atoms with Crippen molar-refractivity contribution in [3.05, 3.63) is 81.8 Å². The first-order valence-electron chi connectivity index (χ1n) is 9.50. The Morgan fingerprint density at radius 3 is 2.25 bits per heavy atom. The van der Waals surface area contributed by atoms with Crippen molar-refractivity contribution in [3.63, 3.8) is 0 Å². The monoisotopic (exact) mass is 512 g/mol. The van der Waals surface area contributed by atoms with E-state index in [1.807, 2.05) is 6.92 Å². The molecule has 0 radical (unpaired) electrons. The molecule has 0 unspecified atom stereocenters. The van der Waals surface area contributed by atoms with Crippen LogP contribution in [-0.2, 0) is 14.8 Å². The van der Waals surface area contributed by atoms with Gasteiger partial charge < -0.3 is 10.1 Å². The van der Waals surface area contributed by atoms with E-state index in [-0.39, 0.29) is 26.5 Å². The second-order valence-corrected chi connectivity index (χ2v) is 9.54. The largest absolute Gasteiger partial charge is 0.479 e. The van der Waals surface area contributed by atoms with E-state index in [0.29, 0.717) is 22.9 Å². The minimum atomic E-state index is -3.91. The van der Waals surface area contributed by atoms with Crippen LogP contribution in [0, 0.1) is 0 Å². The normalized spacial score (nSPS) is 12.1. The Bertz CT molecular complexity index is 1220. The van der Waals surface area contributed by atoms with Crippen LogP contribution in [-0.4, -0.2) is 20.4 Å². The number of rotatable bonds is 8. The highest BCUT2D eigenvalue weighted by Crippen LogP contribution is 2.31. The Labute approximate surface area is 201 Å². The average Bonchev–Trinajstić information content (AvgIpc) is 2.76. The number of anilines is 2. The van der Waals surface area contributed by atoms with Crippen LogP contribution in [0.3, 0.4) is 0 Å². The highest BCUT2D eigenvalue weighted by Gasteiger charge is 2.21. The zero-order valence-corrected chi connectivity index (χ0v) is 19.9. The Morgan fingerprint density at radius 2 is 1.59 bits per heavy atom. The zero-order valence-electron chi connectivity index (χ0n) is 16.8. The molecule has 0 spiro atoms. The topological polar surface area (TPSA) is 84.5 Å². The standard InChI is InChI=1S/C22H19Cl3N2O4S/c1-2-19(31-20-9-4-3-6-16(20)23)22(28)26-14-10-12-15(13-11-14)32(29,30)27-18-8-5-7-17(24)21(18)25/h3-13,19,27H,2H2,1H3,(H,26,28)/t19-/m0/s1. The van der Waals surface area contributed by atoms with Gasteiger partial charge in [0, 0.05) is 5.69 Å². The molecule has 1 amide bonds. The Kier molecular flexibility index (Phi) is 7.90. The molecule has 3 aromatic carbocycles. The van der Waals surface area contributed by atoms with E-state index in [9.17, 15) is 13.2 Å². The van der Waals surface area contributed by atoms with Gasteiger partial charge in [-0.3, -0.25) is 9.52 Å². The minimum absolute atomic E-state index is 0.00843. The maximum atomic E-state index is 12.7. The summed E-state index contributed by atoms with van der Waals surface area (Å²) in [6.45, 7) is 1.81. The number of benzene rings is 3. The molecule has 0 fully saturated rings. The van der Waals surface area contributed by atoms with E-state index in [1.54, 1.807) is 36.4 Å². The fraction of sp³-hybridized carbons (Fsp3) is 0.136. The summed E-state index contributed by atoms with van der Waals surface area (Å²) < 4.78 is 33.4. The van der Waals surface area contributed by atoms with Gasteiger partial charge in [0.2, 0.25) is 0 Å². The van der Waals surface area contributed by atoms with Gasteiger partial charge in [0.1, 0.15) is 5.75 Å². The molecular formula is C22H19Cl3N2O4S. The first kappa shape index (κ1) is 24.2. The number of ether oxygens (including phenoxy) is 1. The summed E-state index contributed by atoms with van der Waals surface area (Å²) in [6.07, 6.45) is -0.363. The number of hydrogen-bond donors (Lipinski definition) is 2. The smallest absolute Gasteiger partial charge is 0.265 e. The van der Waals surface area contributed by atoms with Crippen LogP contribution in [0.4, 0.5) is 11.4 Å².